The zero-order chi connectivity index (χ0) is 15.2. The maximum Gasteiger partial charge on any atom is 0.226 e. The first-order valence-corrected chi connectivity index (χ1v) is 7.39. The summed E-state index contributed by atoms with van der Waals surface area (Å²) in [5.74, 6) is 0.0165. The lowest BCUT2D eigenvalue weighted by molar-refractivity contribution is -0.119. The van der Waals surface area contributed by atoms with E-state index >= 15 is 0 Å². The fourth-order valence-corrected chi connectivity index (χ4v) is 2.58. The zero-order valence-electron chi connectivity index (χ0n) is 12.6. The highest BCUT2D eigenvalue weighted by Crippen LogP contribution is 2.25. The van der Waals surface area contributed by atoms with Crippen LogP contribution in [-0.4, -0.2) is 31.1 Å². The van der Waals surface area contributed by atoms with E-state index in [1.165, 1.54) is 6.92 Å². The molecule has 1 fully saturated rings. The lowest BCUT2D eigenvalue weighted by Crippen LogP contribution is -2.43. The molecule has 1 aliphatic rings. The van der Waals surface area contributed by atoms with Crippen molar-refractivity contribution in [3.8, 4) is 0 Å². The van der Waals surface area contributed by atoms with E-state index in [9.17, 15) is 9.59 Å². The van der Waals surface area contributed by atoms with Crippen molar-refractivity contribution in [1.82, 2.24) is 0 Å². The summed E-state index contributed by atoms with van der Waals surface area (Å²) < 4.78 is 5.38. The van der Waals surface area contributed by atoms with Crippen molar-refractivity contribution in [2.24, 2.45) is 0 Å². The molecule has 0 aromatic heterocycles. The van der Waals surface area contributed by atoms with E-state index in [0.717, 1.165) is 24.2 Å². The molecule has 1 aromatic carbocycles. The second-order valence-corrected chi connectivity index (χ2v) is 5.19. The van der Waals surface area contributed by atoms with Crippen molar-refractivity contribution in [1.29, 1.82) is 0 Å². The van der Waals surface area contributed by atoms with Gasteiger partial charge in [-0.2, -0.15) is 0 Å². The van der Waals surface area contributed by atoms with E-state index in [4.69, 9.17) is 4.74 Å². The van der Waals surface area contributed by atoms with Crippen LogP contribution in [0.4, 0.5) is 11.4 Å². The SMILES string of the molecule is CCC(=O)N(c1ccc(NC(C)=O)cc1)C1CCOCC1. The lowest BCUT2D eigenvalue weighted by atomic mass is 10.1. The number of ether oxygens (including phenoxy) is 1. The topological polar surface area (TPSA) is 58.6 Å². The summed E-state index contributed by atoms with van der Waals surface area (Å²) in [6.45, 7) is 4.74. The first-order valence-electron chi connectivity index (χ1n) is 7.39. The minimum atomic E-state index is -0.103. The molecular formula is C16H22N2O3. The van der Waals surface area contributed by atoms with Crippen molar-refractivity contribution in [2.75, 3.05) is 23.4 Å². The first kappa shape index (κ1) is 15.5. The van der Waals surface area contributed by atoms with Gasteiger partial charge in [-0.3, -0.25) is 9.59 Å². The third-order valence-electron chi connectivity index (χ3n) is 3.59. The van der Waals surface area contributed by atoms with Crippen LogP contribution in [0.5, 0.6) is 0 Å². The lowest BCUT2D eigenvalue weighted by Gasteiger charge is -2.34. The zero-order valence-corrected chi connectivity index (χ0v) is 12.6. The molecule has 2 rings (SSSR count). The van der Waals surface area contributed by atoms with Gasteiger partial charge in [0.25, 0.3) is 0 Å². The average molecular weight is 290 g/mol. The minimum Gasteiger partial charge on any atom is -0.381 e. The molecule has 0 bridgehead atoms. The van der Waals surface area contributed by atoms with Gasteiger partial charge in [0.15, 0.2) is 0 Å². The standard InChI is InChI=1S/C16H22N2O3/c1-3-16(20)18(15-8-10-21-11-9-15)14-6-4-13(5-7-14)17-12(2)19/h4-7,15H,3,8-11H2,1-2H3,(H,17,19). The van der Waals surface area contributed by atoms with E-state index < -0.39 is 0 Å². The molecular weight excluding hydrogens is 268 g/mol. The molecule has 1 aromatic rings. The van der Waals surface area contributed by atoms with Crippen LogP contribution in [0, 0.1) is 0 Å². The Labute approximate surface area is 125 Å². The van der Waals surface area contributed by atoms with Crippen LogP contribution in [0.1, 0.15) is 33.1 Å². The van der Waals surface area contributed by atoms with Gasteiger partial charge in [0.2, 0.25) is 11.8 Å². The summed E-state index contributed by atoms with van der Waals surface area (Å²) in [5.41, 5.74) is 1.62. The summed E-state index contributed by atoms with van der Waals surface area (Å²) in [7, 11) is 0. The Bertz CT molecular complexity index is 493. The Hall–Kier alpha value is -1.88. The number of hydrogen-bond acceptors (Lipinski definition) is 3. The minimum absolute atomic E-state index is 0.103. The molecule has 2 amide bonds. The molecule has 0 unspecified atom stereocenters. The highest BCUT2D eigenvalue weighted by atomic mass is 16.5. The molecule has 1 saturated heterocycles. The van der Waals surface area contributed by atoms with Gasteiger partial charge in [-0.25, -0.2) is 0 Å². The number of nitrogens with one attached hydrogen (secondary N) is 1. The Balaban J connectivity index is 2.19. The number of benzene rings is 1. The van der Waals surface area contributed by atoms with Crippen molar-refractivity contribution in [3.63, 3.8) is 0 Å². The highest BCUT2D eigenvalue weighted by molar-refractivity contribution is 5.94. The maximum absolute atomic E-state index is 12.3. The smallest absolute Gasteiger partial charge is 0.226 e. The van der Waals surface area contributed by atoms with E-state index in [2.05, 4.69) is 5.32 Å². The third-order valence-corrected chi connectivity index (χ3v) is 3.59. The van der Waals surface area contributed by atoms with Gasteiger partial charge in [0.1, 0.15) is 0 Å². The average Bonchev–Trinajstić information content (AvgIpc) is 2.49. The van der Waals surface area contributed by atoms with Crippen LogP contribution in [0.15, 0.2) is 24.3 Å². The number of hydrogen-bond donors (Lipinski definition) is 1. The molecule has 1 N–H and O–H groups in total. The Morgan fingerprint density at radius 2 is 1.86 bits per heavy atom. The van der Waals surface area contributed by atoms with Crippen molar-refractivity contribution in [3.05, 3.63) is 24.3 Å². The van der Waals surface area contributed by atoms with Gasteiger partial charge in [0.05, 0.1) is 0 Å². The predicted octanol–water partition coefficient (Wildman–Crippen LogP) is 2.57. The number of carbonyl (C=O) groups excluding carboxylic acids is 2. The number of rotatable bonds is 4. The maximum atomic E-state index is 12.3. The van der Waals surface area contributed by atoms with Crippen LogP contribution in [-0.2, 0) is 14.3 Å². The number of nitrogens with zero attached hydrogens (tertiary/aromatic N) is 1. The van der Waals surface area contributed by atoms with Crippen LogP contribution in [0.25, 0.3) is 0 Å². The summed E-state index contributed by atoms with van der Waals surface area (Å²) >= 11 is 0. The summed E-state index contributed by atoms with van der Waals surface area (Å²) in [5, 5.41) is 2.73. The normalized spacial score (nSPS) is 15.5. The number of amides is 2. The molecule has 1 heterocycles. The van der Waals surface area contributed by atoms with Crippen LogP contribution in [0.3, 0.4) is 0 Å². The monoisotopic (exact) mass is 290 g/mol. The molecule has 114 valence electrons. The summed E-state index contributed by atoms with van der Waals surface area (Å²) in [4.78, 5) is 25.2. The number of anilines is 2. The van der Waals surface area contributed by atoms with Crippen molar-refractivity contribution in [2.45, 2.75) is 39.2 Å². The summed E-state index contributed by atoms with van der Waals surface area (Å²) in [6.07, 6.45) is 2.20. The molecule has 0 spiro atoms. The first-order chi connectivity index (χ1) is 10.1. The van der Waals surface area contributed by atoms with Crippen LogP contribution < -0.4 is 10.2 Å². The van der Waals surface area contributed by atoms with Crippen molar-refractivity contribution >= 4 is 23.2 Å². The Kier molecular flexibility index (Phi) is 5.33. The summed E-state index contributed by atoms with van der Waals surface area (Å²) in [6, 6.07) is 7.61. The second kappa shape index (κ2) is 7.22. The van der Waals surface area contributed by atoms with Gasteiger partial charge >= 0.3 is 0 Å². The molecule has 0 saturated carbocycles. The largest absolute Gasteiger partial charge is 0.381 e. The third kappa shape index (κ3) is 4.04. The van der Waals surface area contributed by atoms with Gasteiger partial charge < -0.3 is 15.0 Å². The van der Waals surface area contributed by atoms with Crippen molar-refractivity contribution < 1.29 is 14.3 Å². The molecule has 5 heteroatoms. The fourth-order valence-electron chi connectivity index (χ4n) is 2.58. The Morgan fingerprint density at radius 1 is 1.24 bits per heavy atom. The van der Waals surface area contributed by atoms with E-state index in [0.29, 0.717) is 19.6 Å². The molecule has 21 heavy (non-hydrogen) atoms. The second-order valence-electron chi connectivity index (χ2n) is 5.19. The quantitative estimate of drug-likeness (QED) is 0.927. The predicted molar refractivity (Wildman–Crippen MR) is 82.4 cm³/mol. The van der Waals surface area contributed by atoms with E-state index in [1.54, 1.807) is 0 Å². The van der Waals surface area contributed by atoms with Gasteiger partial charge in [-0.15, -0.1) is 0 Å². The molecule has 0 radical (unpaired) electrons. The molecule has 5 nitrogen and oxygen atoms in total. The Morgan fingerprint density at radius 3 is 2.38 bits per heavy atom. The van der Waals surface area contributed by atoms with Gasteiger partial charge in [0, 0.05) is 44.0 Å². The van der Waals surface area contributed by atoms with Gasteiger partial charge in [-0.1, -0.05) is 6.92 Å². The molecule has 0 atom stereocenters. The highest BCUT2D eigenvalue weighted by Gasteiger charge is 2.26. The number of carbonyl (C=O) groups is 2. The van der Waals surface area contributed by atoms with Gasteiger partial charge in [-0.05, 0) is 37.1 Å². The van der Waals surface area contributed by atoms with E-state index in [1.807, 2.05) is 36.1 Å². The molecule has 1 aliphatic heterocycles. The molecule has 0 aliphatic carbocycles. The van der Waals surface area contributed by atoms with Crippen LogP contribution >= 0.6 is 0 Å². The van der Waals surface area contributed by atoms with E-state index in [-0.39, 0.29) is 17.9 Å². The van der Waals surface area contributed by atoms with Crippen LogP contribution in [0.2, 0.25) is 0 Å². The fraction of sp³-hybridized carbons (Fsp3) is 0.500.